The van der Waals surface area contributed by atoms with Crippen LogP contribution >= 0.6 is 0 Å². The van der Waals surface area contributed by atoms with Gasteiger partial charge < -0.3 is 14.8 Å². The Balaban J connectivity index is 1.70. The summed E-state index contributed by atoms with van der Waals surface area (Å²) in [6.45, 7) is 15.5. The van der Waals surface area contributed by atoms with Crippen LogP contribution in [-0.2, 0) is 14.4 Å². The van der Waals surface area contributed by atoms with E-state index in [9.17, 15) is 14.7 Å². The minimum Gasteiger partial charge on any atom is -0.481 e. The lowest BCUT2D eigenvalue weighted by atomic mass is 9.47. The van der Waals surface area contributed by atoms with Crippen molar-refractivity contribution in [3.8, 4) is 0 Å². The van der Waals surface area contributed by atoms with Gasteiger partial charge in [-0.1, -0.05) is 25.9 Å². The molecule has 3 aliphatic rings. The third kappa shape index (κ3) is 5.78. The molecule has 6 heteroatoms. The molecule has 0 aromatic heterocycles. The number of aliphatic carboxylic acids is 1. The lowest BCUT2D eigenvalue weighted by molar-refractivity contribution is -0.138. The largest absolute Gasteiger partial charge is 0.481 e. The molecule has 36 heavy (non-hydrogen) atoms. The number of carboxylic acid groups (broad SMARTS) is 1. The highest BCUT2D eigenvalue weighted by atomic mass is 16.6. The van der Waals surface area contributed by atoms with Crippen LogP contribution in [0.2, 0.25) is 0 Å². The molecular weight excluding hydrogens is 452 g/mol. The normalized spacial score (nSPS) is 35.7. The molecule has 0 aromatic carbocycles. The first-order valence-corrected chi connectivity index (χ1v) is 14.8. The summed E-state index contributed by atoms with van der Waals surface area (Å²) in [5, 5.41) is 14.0. The van der Waals surface area contributed by atoms with Gasteiger partial charge >= 0.3 is 5.97 Å². The minimum absolute atomic E-state index is 0.188. The van der Waals surface area contributed by atoms with E-state index in [1.165, 1.54) is 19.3 Å². The van der Waals surface area contributed by atoms with Crippen LogP contribution < -0.4 is 0 Å². The van der Waals surface area contributed by atoms with Crippen LogP contribution in [0, 0.1) is 40.4 Å². The Morgan fingerprint density at radius 2 is 1.81 bits per heavy atom. The first-order chi connectivity index (χ1) is 17.1. The van der Waals surface area contributed by atoms with E-state index in [4.69, 9.17) is 4.84 Å². The van der Waals surface area contributed by atoms with Gasteiger partial charge in [0.1, 0.15) is 6.61 Å². The molecule has 7 atom stereocenters. The molecule has 0 heterocycles. The van der Waals surface area contributed by atoms with Gasteiger partial charge in [-0.05, 0) is 114 Å². The SMILES string of the molecule is CCON=C1CC[C@H]2[C@@H]3CC[C@H]([C@H](C)CCCC(=O)N(CC)CC)[C@@]3(C)CC[C@@H]2[C@@]1(C)CCC(=O)O. The van der Waals surface area contributed by atoms with E-state index >= 15 is 0 Å². The number of hydrogen-bond donors (Lipinski definition) is 1. The highest BCUT2D eigenvalue weighted by Crippen LogP contribution is 2.66. The molecule has 0 spiro atoms. The van der Waals surface area contributed by atoms with E-state index in [1.54, 1.807) is 0 Å². The molecular formula is C30H52N2O4. The van der Waals surface area contributed by atoms with Crippen molar-refractivity contribution in [1.82, 2.24) is 4.90 Å². The molecule has 6 nitrogen and oxygen atoms in total. The molecule has 3 rings (SSSR count). The summed E-state index contributed by atoms with van der Waals surface area (Å²) in [5.41, 5.74) is 1.26. The van der Waals surface area contributed by atoms with Crippen molar-refractivity contribution in [2.24, 2.45) is 45.6 Å². The summed E-state index contributed by atoms with van der Waals surface area (Å²) in [4.78, 5) is 31.5. The van der Waals surface area contributed by atoms with Crippen molar-refractivity contribution in [2.45, 2.75) is 112 Å². The molecule has 3 aliphatic carbocycles. The van der Waals surface area contributed by atoms with Gasteiger partial charge in [-0.3, -0.25) is 9.59 Å². The first kappa shape index (κ1) is 29.0. The summed E-state index contributed by atoms with van der Waals surface area (Å²) in [5.74, 6) is 2.78. The summed E-state index contributed by atoms with van der Waals surface area (Å²) >= 11 is 0. The zero-order valence-electron chi connectivity index (χ0n) is 23.9. The molecule has 0 unspecified atom stereocenters. The Kier molecular flexibility index (Phi) is 9.90. The van der Waals surface area contributed by atoms with Gasteiger partial charge in [-0.2, -0.15) is 0 Å². The molecule has 3 fully saturated rings. The summed E-state index contributed by atoms with van der Waals surface area (Å²) in [6, 6.07) is 0. The smallest absolute Gasteiger partial charge is 0.303 e. The van der Waals surface area contributed by atoms with Crippen LogP contribution in [0.25, 0.3) is 0 Å². The highest BCUT2D eigenvalue weighted by Gasteiger charge is 2.59. The van der Waals surface area contributed by atoms with E-state index in [0.717, 1.165) is 56.8 Å². The zero-order chi connectivity index (χ0) is 26.5. The fraction of sp³-hybridized carbons (Fsp3) is 0.900. The van der Waals surface area contributed by atoms with E-state index in [1.807, 2.05) is 11.8 Å². The number of oxime groups is 1. The fourth-order valence-corrected chi connectivity index (χ4v) is 8.76. The average Bonchev–Trinajstić information content (AvgIpc) is 3.20. The molecule has 1 amide bonds. The second-order valence-electron chi connectivity index (χ2n) is 12.3. The average molecular weight is 505 g/mol. The maximum Gasteiger partial charge on any atom is 0.303 e. The fourth-order valence-electron chi connectivity index (χ4n) is 8.76. The van der Waals surface area contributed by atoms with Gasteiger partial charge in [0.25, 0.3) is 0 Å². The Morgan fingerprint density at radius 1 is 1.08 bits per heavy atom. The number of nitrogens with zero attached hydrogens (tertiary/aromatic N) is 2. The second-order valence-corrected chi connectivity index (χ2v) is 12.3. The van der Waals surface area contributed by atoms with Crippen molar-refractivity contribution in [3.05, 3.63) is 0 Å². The molecule has 0 aromatic rings. The number of carbonyl (C=O) groups excluding carboxylic acids is 1. The predicted molar refractivity (Wildman–Crippen MR) is 145 cm³/mol. The van der Waals surface area contributed by atoms with Crippen LogP contribution in [0.5, 0.6) is 0 Å². The van der Waals surface area contributed by atoms with Crippen molar-refractivity contribution < 1.29 is 19.5 Å². The van der Waals surface area contributed by atoms with Crippen molar-refractivity contribution >= 4 is 17.6 Å². The molecule has 3 saturated carbocycles. The monoisotopic (exact) mass is 504 g/mol. The van der Waals surface area contributed by atoms with Gasteiger partial charge in [0.2, 0.25) is 5.91 Å². The number of hydrogen-bond acceptors (Lipinski definition) is 4. The molecule has 206 valence electrons. The first-order valence-electron chi connectivity index (χ1n) is 14.8. The van der Waals surface area contributed by atoms with Crippen LogP contribution in [0.15, 0.2) is 5.16 Å². The maximum absolute atomic E-state index is 12.5. The number of carboxylic acids is 1. The number of rotatable bonds is 12. The van der Waals surface area contributed by atoms with Crippen molar-refractivity contribution in [2.75, 3.05) is 19.7 Å². The molecule has 1 N–H and O–H groups in total. The van der Waals surface area contributed by atoms with Crippen LogP contribution in [0.4, 0.5) is 0 Å². The zero-order valence-corrected chi connectivity index (χ0v) is 23.9. The quantitative estimate of drug-likeness (QED) is 0.297. The maximum atomic E-state index is 12.5. The summed E-state index contributed by atoms with van der Waals surface area (Å²) in [7, 11) is 0. The van der Waals surface area contributed by atoms with Gasteiger partial charge in [-0.15, -0.1) is 0 Å². The minimum atomic E-state index is -0.719. The third-order valence-electron chi connectivity index (χ3n) is 10.7. The van der Waals surface area contributed by atoms with Gasteiger partial charge in [0.15, 0.2) is 0 Å². The predicted octanol–water partition coefficient (Wildman–Crippen LogP) is 6.78. The third-order valence-corrected chi connectivity index (χ3v) is 10.7. The summed E-state index contributed by atoms with van der Waals surface area (Å²) < 4.78 is 0. The topological polar surface area (TPSA) is 79.2 Å². The van der Waals surface area contributed by atoms with Crippen LogP contribution in [0.1, 0.15) is 112 Å². The van der Waals surface area contributed by atoms with Crippen molar-refractivity contribution in [3.63, 3.8) is 0 Å². The van der Waals surface area contributed by atoms with Gasteiger partial charge in [0, 0.05) is 31.3 Å². The number of amides is 1. The second kappa shape index (κ2) is 12.3. The molecule has 0 saturated heterocycles. The Labute approximate surface area is 219 Å². The molecule has 0 bridgehead atoms. The molecule has 0 radical (unpaired) electrons. The molecule has 0 aliphatic heterocycles. The number of fused-ring (bicyclic) bond motifs is 3. The number of carbonyl (C=O) groups is 2. The standard InChI is InChI=1S/C30H52N2O4/c1-7-32(8-2)27(33)12-10-11-21(4)23-14-15-24-22-13-16-26(31-36-9-3)30(6,20-18-28(34)35)25(22)17-19-29(23,24)5/h21-25H,7-20H2,1-6H3,(H,34,35)/t21-,22+,23-,24+,25+,29-,30-/m1/s1. The van der Waals surface area contributed by atoms with Crippen molar-refractivity contribution in [1.29, 1.82) is 0 Å². The lowest BCUT2D eigenvalue weighted by Crippen LogP contribution is -2.52. The summed E-state index contributed by atoms with van der Waals surface area (Å²) in [6.07, 6.45) is 10.7. The Bertz CT molecular complexity index is 794. The Hall–Kier alpha value is -1.59. The van der Waals surface area contributed by atoms with E-state index in [0.29, 0.717) is 54.4 Å². The van der Waals surface area contributed by atoms with Crippen LogP contribution in [0.3, 0.4) is 0 Å². The Morgan fingerprint density at radius 3 is 2.44 bits per heavy atom. The van der Waals surface area contributed by atoms with Gasteiger partial charge in [0.05, 0.1) is 5.71 Å². The lowest BCUT2D eigenvalue weighted by Gasteiger charge is -2.57. The van der Waals surface area contributed by atoms with Gasteiger partial charge in [-0.25, -0.2) is 0 Å². The van der Waals surface area contributed by atoms with E-state index in [-0.39, 0.29) is 11.8 Å². The van der Waals surface area contributed by atoms with E-state index < -0.39 is 5.97 Å². The van der Waals surface area contributed by atoms with Crippen LogP contribution in [-0.4, -0.2) is 47.3 Å². The highest BCUT2D eigenvalue weighted by molar-refractivity contribution is 5.91. The van der Waals surface area contributed by atoms with E-state index in [2.05, 4.69) is 39.8 Å².